The highest BCUT2D eigenvalue weighted by atomic mass is 16.6. The first-order valence-corrected chi connectivity index (χ1v) is 11.4. The van der Waals surface area contributed by atoms with E-state index in [0.29, 0.717) is 32.9 Å². The van der Waals surface area contributed by atoms with Gasteiger partial charge < -0.3 is 28.4 Å². The van der Waals surface area contributed by atoms with Crippen LogP contribution >= 0.6 is 0 Å². The van der Waals surface area contributed by atoms with Gasteiger partial charge in [-0.1, -0.05) is 30.3 Å². The molecule has 0 spiro atoms. The van der Waals surface area contributed by atoms with Gasteiger partial charge in [0.05, 0.1) is 43.5 Å². The smallest absolute Gasteiger partial charge is 0.410 e. The Morgan fingerprint density at radius 1 is 0.971 bits per heavy atom. The van der Waals surface area contributed by atoms with Crippen molar-refractivity contribution < 1.29 is 23.4 Å². The van der Waals surface area contributed by atoms with Gasteiger partial charge in [-0.25, -0.2) is 4.79 Å². The topological polar surface area (TPSA) is 90.2 Å². The summed E-state index contributed by atoms with van der Waals surface area (Å²) in [6.07, 6.45) is 1.46. The second-order valence-electron chi connectivity index (χ2n) is 8.26. The molecule has 1 aromatic heterocycles. The second kappa shape index (κ2) is 8.83. The minimum absolute atomic E-state index is 0.280. The van der Waals surface area contributed by atoms with Gasteiger partial charge in [-0.2, -0.15) is 9.97 Å². The van der Waals surface area contributed by atoms with E-state index in [-0.39, 0.29) is 18.7 Å². The molecular weight excluding hydrogens is 436 g/mol. The molecule has 2 saturated heterocycles. The van der Waals surface area contributed by atoms with Crippen LogP contribution in [0.4, 0.5) is 10.6 Å². The molecule has 34 heavy (non-hydrogen) atoms. The summed E-state index contributed by atoms with van der Waals surface area (Å²) in [5.41, 5.74) is 3.87. The molecule has 1 aromatic carbocycles. The summed E-state index contributed by atoms with van der Waals surface area (Å²) in [5, 5.41) is 0.912. The highest BCUT2D eigenvalue weighted by Crippen LogP contribution is 2.37. The second-order valence-corrected chi connectivity index (χ2v) is 8.26. The molecule has 0 N–H and O–H groups in total. The van der Waals surface area contributed by atoms with E-state index in [0.717, 1.165) is 52.3 Å². The summed E-state index contributed by atoms with van der Waals surface area (Å²) in [6.45, 7) is 4.39. The van der Waals surface area contributed by atoms with Crippen LogP contribution in [0.1, 0.15) is 0 Å². The van der Waals surface area contributed by atoms with Gasteiger partial charge in [0.25, 0.3) is 0 Å². The molecule has 9 heteroatoms. The SMILES string of the molecule is O=C1OCCN1CCOc1nc(N2CCOCC2)c2c(-c3cc4cccc-4co3)cccc2n1. The van der Waals surface area contributed by atoms with Gasteiger partial charge in [-0.15, -0.1) is 0 Å². The normalized spacial score (nSPS) is 16.4. The Hall–Kier alpha value is -3.85. The third-order valence-corrected chi connectivity index (χ3v) is 6.18. The van der Waals surface area contributed by atoms with Crippen LogP contribution in [0.15, 0.2) is 53.1 Å². The molecule has 6 rings (SSSR count). The number of aromatic nitrogens is 2. The van der Waals surface area contributed by atoms with Gasteiger partial charge in [0.2, 0.25) is 0 Å². The maximum Gasteiger partial charge on any atom is 0.410 e. The molecule has 0 atom stereocenters. The quantitative estimate of drug-likeness (QED) is 0.431. The van der Waals surface area contributed by atoms with Crippen molar-refractivity contribution >= 4 is 22.8 Å². The Morgan fingerprint density at radius 3 is 2.68 bits per heavy atom. The van der Waals surface area contributed by atoms with Gasteiger partial charge in [0.15, 0.2) is 0 Å². The van der Waals surface area contributed by atoms with Crippen LogP contribution in [-0.2, 0) is 9.47 Å². The Bertz CT molecular complexity index is 1300. The lowest BCUT2D eigenvalue weighted by atomic mass is 10.0. The summed E-state index contributed by atoms with van der Waals surface area (Å²) in [5.74, 6) is 1.54. The zero-order valence-corrected chi connectivity index (χ0v) is 18.6. The zero-order valence-electron chi connectivity index (χ0n) is 18.6. The molecule has 0 unspecified atom stereocenters. The molecule has 0 radical (unpaired) electrons. The molecule has 0 saturated carbocycles. The van der Waals surface area contributed by atoms with Crippen molar-refractivity contribution in [2.75, 3.05) is 57.5 Å². The third-order valence-electron chi connectivity index (χ3n) is 6.18. The number of hydrogen-bond acceptors (Lipinski definition) is 8. The lowest BCUT2D eigenvalue weighted by Crippen LogP contribution is -2.37. The standard InChI is InChI=1S/C25H24N4O5/c30-25-29(10-14-33-25)9-13-32-24-26-20-6-2-5-19(21-15-17-3-1-4-18(17)16-34-21)22(20)23(27-24)28-7-11-31-12-8-28/h1-6,15-16H,7-14H2. The van der Waals surface area contributed by atoms with Gasteiger partial charge in [-0.05, 0) is 17.7 Å². The number of rotatable bonds is 6. The van der Waals surface area contributed by atoms with E-state index in [1.165, 1.54) is 0 Å². The number of morpholine rings is 1. The molecule has 2 fully saturated rings. The van der Waals surface area contributed by atoms with Crippen LogP contribution in [0.3, 0.4) is 0 Å². The maximum absolute atomic E-state index is 11.7. The molecule has 3 aliphatic heterocycles. The summed E-state index contributed by atoms with van der Waals surface area (Å²) in [7, 11) is 0. The summed E-state index contributed by atoms with van der Waals surface area (Å²) < 4.78 is 22.5. The number of anilines is 1. The molecule has 9 nitrogen and oxygen atoms in total. The van der Waals surface area contributed by atoms with E-state index in [9.17, 15) is 4.79 Å². The van der Waals surface area contributed by atoms with Crippen molar-refractivity contribution in [1.82, 2.24) is 14.9 Å². The van der Waals surface area contributed by atoms with E-state index in [4.69, 9.17) is 23.6 Å². The maximum atomic E-state index is 11.7. The van der Waals surface area contributed by atoms with Crippen LogP contribution in [0.25, 0.3) is 33.4 Å². The third kappa shape index (κ3) is 3.88. The van der Waals surface area contributed by atoms with Crippen molar-refractivity contribution in [2.24, 2.45) is 0 Å². The van der Waals surface area contributed by atoms with Crippen LogP contribution < -0.4 is 9.64 Å². The monoisotopic (exact) mass is 460 g/mol. The predicted octanol–water partition coefficient (Wildman–Crippen LogP) is 3.66. The number of carbonyl (C=O) groups excluding carboxylic acids is 1. The number of fused-ring (bicyclic) bond motifs is 2. The highest BCUT2D eigenvalue weighted by molar-refractivity contribution is 6.01. The molecular formula is C25H24N4O5. The Balaban J connectivity index is 1.39. The fourth-order valence-corrected chi connectivity index (χ4v) is 4.42. The minimum atomic E-state index is -0.313. The van der Waals surface area contributed by atoms with Crippen molar-refractivity contribution in [2.45, 2.75) is 0 Å². The van der Waals surface area contributed by atoms with Crippen LogP contribution in [0.5, 0.6) is 6.01 Å². The fraction of sp³-hybridized carbons (Fsp3) is 0.320. The number of carbonyl (C=O) groups is 1. The average molecular weight is 460 g/mol. The summed E-state index contributed by atoms with van der Waals surface area (Å²) >= 11 is 0. The largest absolute Gasteiger partial charge is 0.464 e. The van der Waals surface area contributed by atoms with E-state index in [1.807, 2.05) is 36.4 Å². The number of ether oxygens (including phenoxy) is 3. The first-order chi connectivity index (χ1) is 16.8. The highest BCUT2D eigenvalue weighted by Gasteiger charge is 2.24. The number of nitrogens with zero attached hydrogens (tertiary/aromatic N) is 4. The molecule has 4 aliphatic rings. The Morgan fingerprint density at radius 2 is 1.82 bits per heavy atom. The average Bonchev–Trinajstić information content (AvgIpc) is 3.52. The number of benzene rings is 1. The van der Waals surface area contributed by atoms with E-state index in [2.05, 4.69) is 16.0 Å². The predicted molar refractivity (Wildman–Crippen MR) is 125 cm³/mol. The van der Waals surface area contributed by atoms with Crippen molar-refractivity contribution in [3.8, 4) is 28.5 Å². The van der Waals surface area contributed by atoms with Crippen molar-refractivity contribution in [3.05, 3.63) is 48.7 Å². The van der Waals surface area contributed by atoms with Crippen molar-refractivity contribution in [3.63, 3.8) is 0 Å². The Labute approximate surface area is 196 Å². The molecule has 174 valence electrons. The van der Waals surface area contributed by atoms with Gasteiger partial charge in [-0.3, -0.25) is 0 Å². The van der Waals surface area contributed by atoms with E-state index in [1.54, 1.807) is 11.2 Å². The Kier molecular flexibility index (Phi) is 5.38. The van der Waals surface area contributed by atoms with E-state index >= 15 is 0 Å². The van der Waals surface area contributed by atoms with Crippen LogP contribution in [-0.4, -0.2) is 73.6 Å². The first kappa shape index (κ1) is 20.7. The molecule has 4 heterocycles. The van der Waals surface area contributed by atoms with Gasteiger partial charge >= 0.3 is 12.1 Å². The first-order valence-electron chi connectivity index (χ1n) is 11.4. The fourth-order valence-electron chi connectivity index (χ4n) is 4.42. The van der Waals surface area contributed by atoms with Gasteiger partial charge in [0.1, 0.15) is 24.8 Å². The number of amides is 1. The summed E-state index contributed by atoms with van der Waals surface area (Å²) in [4.78, 5) is 25.0. The molecule has 2 aromatic rings. The lowest BCUT2D eigenvalue weighted by Gasteiger charge is -2.29. The number of cyclic esters (lactones) is 1. The van der Waals surface area contributed by atoms with Crippen molar-refractivity contribution in [1.29, 1.82) is 0 Å². The molecule has 1 aliphatic carbocycles. The lowest BCUT2D eigenvalue weighted by molar-refractivity contribution is 0.122. The van der Waals surface area contributed by atoms with Crippen LogP contribution in [0, 0.1) is 0 Å². The number of hydrogen-bond donors (Lipinski definition) is 0. The summed E-state index contributed by atoms with van der Waals surface area (Å²) in [6, 6.07) is 14.4. The van der Waals surface area contributed by atoms with Gasteiger partial charge in [0, 0.05) is 24.2 Å². The van der Waals surface area contributed by atoms with Crippen LogP contribution in [0.2, 0.25) is 0 Å². The van der Waals surface area contributed by atoms with E-state index < -0.39 is 0 Å². The molecule has 0 bridgehead atoms. The zero-order chi connectivity index (χ0) is 22.9. The molecule has 1 amide bonds. The minimum Gasteiger partial charge on any atom is -0.464 e.